The van der Waals surface area contributed by atoms with Crippen molar-refractivity contribution in [2.75, 3.05) is 0 Å². The molecule has 1 radical (unpaired) electrons. The molecule has 1 rings (SSSR count). The summed E-state index contributed by atoms with van der Waals surface area (Å²) in [5, 5.41) is 0. The van der Waals surface area contributed by atoms with Crippen LogP contribution in [0.25, 0.3) is 0 Å². The average molecular weight is 310 g/mol. The first kappa shape index (κ1) is 25.0. The molecule has 0 bridgehead atoms. The predicted octanol–water partition coefficient (Wildman–Crippen LogP) is 4.77. The van der Waals surface area contributed by atoms with Gasteiger partial charge in [0.2, 0.25) is 0 Å². The summed E-state index contributed by atoms with van der Waals surface area (Å²) in [7, 11) is 0. The second-order valence-electron chi connectivity index (χ2n) is 3.46. The molecular formula is C11H20Cl3V-. The summed E-state index contributed by atoms with van der Waals surface area (Å²) in [6.45, 7) is 6.83. The number of hydrogen-bond donors (Lipinski definition) is 0. The molecule has 91 valence electrons. The second kappa shape index (κ2) is 11.4. The molecule has 4 heteroatoms. The van der Waals surface area contributed by atoms with Crippen LogP contribution in [0.15, 0.2) is 17.7 Å². The number of halogens is 3. The standard InChI is InChI=1S/C11H17.3ClH.V/c1-4-11(3,5-2)10-8-6-7-9-10;;;;/h6,8H,4-5,7H2,1-3H3;3*1H;/q-1;;;;. The van der Waals surface area contributed by atoms with Crippen LogP contribution in [-0.2, 0) is 18.6 Å². The summed E-state index contributed by atoms with van der Waals surface area (Å²) >= 11 is 0. The zero-order chi connectivity index (χ0) is 8.32. The first-order chi connectivity index (χ1) is 5.23. The Kier molecular flexibility index (Phi) is 19.0. The number of allylic oxidation sites excluding steroid dienone is 4. The minimum Gasteiger partial charge on any atom is -0.269 e. The van der Waals surface area contributed by atoms with E-state index in [1.54, 1.807) is 0 Å². The first-order valence-corrected chi connectivity index (χ1v) is 4.51. The van der Waals surface area contributed by atoms with Gasteiger partial charge in [-0.25, -0.2) is 11.6 Å². The molecule has 0 spiro atoms. The van der Waals surface area contributed by atoms with Gasteiger partial charge in [-0.15, -0.1) is 43.6 Å². The van der Waals surface area contributed by atoms with Crippen molar-refractivity contribution >= 4 is 37.2 Å². The molecule has 0 unspecified atom stereocenters. The van der Waals surface area contributed by atoms with Gasteiger partial charge in [0.1, 0.15) is 0 Å². The predicted molar refractivity (Wildman–Crippen MR) is 70.9 cm³/mol. The minimum atomic E-state index is 0. The molecule has 0 aromatic heterocycles. The van der Waals surface area contributed by atoms with Crippen LogP contribution >= 0.6 is 37.2 Å². The third-order valence-corrected chi connectivity index (χ3v) is 2.91. The fourth-order valence-corrected chi connectivity index (χ4v) is 1.45. The monoisotopic (exact) mass is 308 g/mol. The molecule has 0 N–H and O–H groups in total. The van der Waals surface area contributed by atoms with Gasteiger partial charge in [-0.1, -0.05) is 20.8 Å². The number of hydrogen-bond acceptors (Lipinski definition) is 0. The summed E-state index contributed by atoms with van der Waals surface area (Å²) in [6, 6.07) is 0. The van der Waals surface area contributed by atoms with Crippen LogP contribution in [0.1, 0.15) is 40.0 Å². The molecule has 1 aliphatic carbocycles. The van der Waals surface area contributed by atoms with E-state index in [4.69, 9.17) is 0 Å². The summed E-state index contributed by atoms with van der Waals surface area (Å²) in [4.78, 5) is 0. The maximum Gasteiger partial charge on any atom is 0 e. The van der Waals surface area contributed by atoms with Gasteiger partial charge >= 0.3 is 0 Å². The van der Waals surface area contributed by atoms with Crippen LogP contribution in [0.4, 0.5) is 0 Å². The van der Waals surface area contributed by atoms with Crippen molar-refractivity contribution in [2.24, 2.45) is 5.41 Å². The third-order valence-electron chi connectivity index (χ3n) is 2.91. The second-order valence-corrected chi connectivity index (χ2v) is 3.46. The maximum absolute atomic E-state index is 3.40. The molecule has 1 aliphatic rings. The Labute approximate surface area is 124 Å². The van der Waals surface area contributed by atoms with Gasteiger partial charge in [0.25, 0.3) is 0 Å². The minimum absolute atomic E-state index is 0. The van der Waals surface area contributed by atoms with Crippen molar-refractivity contribution < 1.29 is 18.6 Å². The normalized spacial score (nSPS) is 12.6. The summed E-state index contributed by atoms with van der Waals surface area (Å²) in [5.41, 5.74) is 1.80. The van der Waals surface area contributed by atoms with Crippen LogP contribution in [0.5, 0.6) is 0 Å². The molecule has 0 aromatic rings. The first-order valence-electron chi connectivity index (χ1n) is 4.51. The molecule has 0 amide bonds. The quantitative estimate of drug-likeness (QED) is 0.659. The molecule has 0 aromatic carbocycles. The largest absolute Gasteiger partial charge is 0.269 e. The van der Waals surface area contributed by atoms with Crippen molar-refractivity contribution in [1.82, 2.24) is 0 Å². The molecule has 0 nitrogen and oxygen atoms in total. The van der Waals surface area contributed by atoms with Gasteiger partial charge < -0.3 is 0 Å². The Hall–Kier alpha value is 0.934. The van der Waals surface area contributed by atoms with Crippen LogP contribution in [0.2, 0.25) is 0 Å². The van der Waals surface area contributed by atoms with Crippen molar-refractivity contribution in [3.8, 4) is 0 Å². The van der Waals surface area contributed by atoms with Crippen molar-refractivity contribution in [3.63, 3.8) is 0 Å². The Morgan fingerprint density at radius 3 is 1.93 bits per heavy atom. The Bertz CT molecular complexity index is 196. The van der Waals surface area contributed by atoms with Crippen molar-refractivity contribution in [3.05, 3.63) is 23.8 Å². The van der Waals surface area contributed by atoms with Crippen LogP contribution < -0.4 is 0 Å². The SMILES string of the molecule is CCC(C)(CC)C1=[C-]CC=C1.Cl.Cl.Cl.[V]. The molecular weight excluding hydrogens is 289 g/mol. The number of rotatable bonds is 3. The maximum atomic E-state index is 3.40. The Morgan fingerprint density at radius 2 is 1.67 bits per heavy atom. The van der Waals surface area contributed by atoms with Gasteiger partial charge in [-0.3, -0.25) is 6.08 Å². The molecule has 0 saturated heterocycles. The molecule has 15 heavy (non-hydrogen) atoms. The Morgan fingerprint density at radius 1 is 1.20 bits per heavy atom. The van der Waals surface area contributed by atoms with E-state index in [0.29, 0.717) is 5.41 Å². The van der Waals surface area contributed by atoms with Crippen LogP contribution in [-0.4, -0.2) is 0 Å². The fraction of sp³-hybridized carbons (Fsp3) is 0.636. The fourth-order valence-electron chi connectivity index (χ4n) is 1.45. The van der Waals surface area contributed by atoms with Crippen molar-refractivity contribution in [2.45, 2.75) is 40.0 Å². The van der Waals surface area contributed by atoms with Crippen LogP contribution in [0, 0.1) is 11.5 Å². The van der Waals surface area contributed by atoms with Gasteiger partial charge in [0.05, 0.1) is 0 Å². The summed E-state index contributed by atoms with van der Waals surface area (Å²) in [5.74, 6) is 0. The van der Waals surface area contributed by atoms with E-state index in [1.165, 1.54) is 18.4 Å². The van der Waals surface area contributed by atoms with E-state index in [2.05, 4.69) is 39.0 Å². The summed E-state index contributed by atoms with van der Waals surface area (Å²) in [6.07, 6.45) is 11.3. The zero-order valence-corrected chi connectivity index (χ0v) is 13.3. The van der Waals surface area contributed by atoms with E-state index in [1.807, 2.05) is 0 Å². The molecule has 0 heterocycles. The molecule has 0 atom stereocenters. The van der Waals surface area contributed by atoms with E-state index >= 15 is 0 Å². The van der Waals surface area contributed by atoms with Gasteiger partial charge in [0.15, 0.2) is 0 Å². The van der Waals surface area contributed by atoms with E-state index < -0.39 is 0 Å². The summed E-state index contributed by atoms with van der Waals surface area (Å²) < 4.78 is 0. The van der Waals surface area contributed by atoms with E-state index in [0.717, 1.165) is 6.42 Å². The van der Waals surface area contributed by atoms with Gasteiger partial charge in [-0.05, 0) is 18.3 Å². The van der Waals surface area contributed by atoms with Gasteiger partial charge in [0, 0.05) is 18.6 Å². The average Bonchev–Trinajstić information content (AvgIpc) is 2.55. The van der Waals surface area contributed by atoms with Crippen LogP contribution in [0.3, 0.4) is 0 Å². The topological polar surface area (TPSA) is 0 Å². The smallest absolute Gasteiger partial charge is 0 e. The Balaban J connectivity index is -0.000000151. The van der Waals surface area contributed by atoms with Crippen molar-refractivity contribution in [1.29, 1.82) is 0 Å². The molecule has 0 saturated carbocycles. The zero-order valence-electron chi connectivity index (χ0n) is 9.45. The molecule has 0 aliphatic heterocycles. The van der Waals surface area contributed by atoms with E-state index in [9.17, 15) is 0 Å². The third kappa shape index (κ3) is 6.29. The molecule has 0 fully saturated rings. The van der Waals surface area contributed by atoms with Gasteiger partial charge in [-0.2, -0.15) is 6.08 Å². The van der Waals surface area contributed by atoms with E-state index in [-0.39, 0.29) is 55.8 Å².